The summed E-state index contributed by atoms with van der Waals surface area (Å²) in [6.07, 6.45) is 8.03. The highest BCUT2D eigenvalue weighted by atomic mass is 35.5. The Kier molecular flexibility index (Phi) is 8.22. The number of nitrogens with zero attached hydrogens (tertiary/aromatic N) is 2. The summed E-state index contributed by atoms with van der Waals surface area (Å²) in [6.45, 7) is 3.68. The van der Waals surface area contributed by atoms with E-state index in [2.05, 4.69) is 36.2 Å². The molecule has 7 heteroatoms. The second-order valence-electron chi connectivity index (χ2n) is 8.16. The number of ether oxygens (including phenoxy) is 3. The Morgan fingerprint density at radius 3 is 2.75 bits per heavy atom. The Hall–Kier alpha value is -1.89. The van der Waals surface area contributed by atoms with Gasteiger partial charge in [0.05, 0.1) is 32.2 Å². The first-order valence-electron chi connectivity index (χ1n) is 10.9. The number of hydrogen-bond donors (Lipinski definition) is 0. The molecule has 0 N–H and O–H groups in total. The van der Waals surface area contributed by atoms with E-state index in [-0.39, 0.29) is 18.5 Å². The molecule has 0 bridgehead atoms. The molecule has 2 aromatic carbocycles. The van der Waals surface area contributed by atoms with E-state index < -0.39 is 0 Å². The van der Waals surface area contributed by atoms with Gasteiger partial charge in [0.25, 0.3) is 0 Å². The molecule has 2 heterocycles. The summed E-state index contributed by atoms with van der Waals surface area (Å²) in [5.41, 5.74) is 3.27. The molecular weight excluding hydrogens is 447 g/mol. The van der Waals surface area contributed by atoms with Crippen molar-refractivity contribution in [1.82, 2.24) is 9.55 Å². The van der Waals surface area contributed by atoms with Gasteiger partial charge in [-0.3, -0.25) is 0 Å². The van der Waals surface area contributed by atoms with Gasteiger partial charge in [-0.1, -0.05) is 59.1 Å². The molecule has 0 aliphatic carbocycles. The molecule has 3 unspecified atom stereocenters. The van der Waals surface area contributed by atoms with Gasteiger partial charge in [-0.25, -0.2) is 4.98 Å². The van der Waals surface area contributed by atoms with E-state index in [1.165, 1.54) is 5.56 Å². The lowest BCUT2D eigenvalue weighted by molar-refractivity contribution is -0.213. The number of benzene rings is 2. The summed E-state index contributed by atoms with van der Waals surface area (Å²) in [6, 6.07) is 13.9. The predicted molar refractivity (Wildman–Crippen MR) is 126 cm³/mol. The minimum absolute atomic E-state index is 0.00910. The Labute approximate surface area is 199 Å². The number of aromatic nitrogens is 2. The summed E-state index contributed by atoms with van der Waals surface area (Å²) < 4.78 is 20.6. The van der Waals surface area contributed by atoms with E-state index in [0.29, 0.717) is 29.8 Å². The minimum atomic E-state index is -0.268. The number of aryl methyl sites for hydroxylation is 1. The van der Waals surface area contributed by atoms with Crippen LogP contribution in [0.3, 0.4) is 0 Å². The maximum absolute atomic E-state index is 6.36. The maximum Gasteiger partial charge on any atom is 0.158 e. The fourth-order valence-corrected chi connectivity index (χ4v) is 4.24. The summed E-state index contributed by atoms with van der Waals surface area (Å²) >= 11 is 12.2. The molecule has 1 aromatic heterocycles. The van der Waals surface area contributed by atoms with E-state index in [0.717, 1.165) is 30.4 Å². The van der Waals surface area contributed by atoms with Gasteiger partial charge in [0, 0.05) is 22.4 Å². The highest BCUT2D eigenvalue weighted by Crippen LogP contribution is 2.27. The number of hydrogen-bond acceptors (Lipinski definition) is 4. The van der Waals surface area contributed by atoms with Crippen molar-refractivity contribution < 1.29 is 14.2 Å². The molecule has 5 nitrogen and oxygen atoms in total. The minimum Gasteiger partial charge on any atom is -0.369 e. The topological polar surface area (TPSA) is 45.5 Å². The fourth-order valence-electron chi connectivity index (χ4n) is 3.77. The van der Waals surface area contributed by atoms with Gasteiger partial charge < -0.3 is 18.8 Å². The van der Waals surface area contributed by atoms with E-state index in [4.69, 9.17) is 37.4 Å². The first kappa shape index (κ1) is 23.3. The number of rotatable bonds is 9. The molecule has 3 atom stereocenters. The van der Waals surface area contributed by atoms with Crippen LogP contribution in [-0.2, 0) is 27.4 Å². The normalized spacial score (nSPS) is 19.7. The third kappa shape index (κ3) is 6.56. The van der Waals surface area contributed by atoms with Crippen LogP contribution in [-0.4, -0.2) is 28.6 Å². The molecule has 1 fully saturated rings. The molecule has 170 valence electrons. The quantitative estimate of drug-likeness (QED) is 0.361. The molecular formula is C25H28Cl2N2O3. The average molecular weight is 475 g/mol. The third-order valence-electron chi connectivity index (χ3n) is 5.62. The zero-order valence-corrected chi connectivity index (χ0v) is 19.6. The zero-order chi connectivity index (χ0) is 22.3. The highest BCUT2D eigenvalue weighted by Gasteiger charge is 2.25. The van der Waals surface area contributed by atoms with Crippen LogP contribution >= 0.6 is 23.2 Å². The second-order valence-corrected chi connectivity index (χ2v) is 9.00. The summed E-state index contributed by atoms with van der Waals surface area (Å²) in [5.74, 6) is 0. The smallest absolute Gasteiger partial charge is 0.158 e. The molecule has 0 saturated carbocycles. The van der Waals surface area contributed by atoms with Crippen LogP contribution in [0.25, 0.3) is 0 Å². The van der Waals surface area contributed by atoms with Gasteiger partial charge in [-0.15, -0.1) is 0 Å². The highest BCUT2D eigenvalue weighted by molar-refractivity contribution is 6.35. The summed E-state index contributed by atoms with van der Waals surface area (Å²) in [7, 11) is 0. The fraction of sp³-hybridized carbons (Fsp3) is 0.400. The van der Waals surface area contributed by atoms with Crippen LogP contribution in [0.1, 0.15) is 42.1 Å². The first-order chi connectivity index (χ1) is 15.6. The Bertz CT molecular complexity index is 979. The standard InChI is InChI=1S/C25H28Cl2N2O3/c1-18-5-7-19(8-6-18)24(14-29-12-11-28-17-29)30-16-22-3-2-4-25(32-22)31-15-20-9-10-21(26)13-23(20)27/h5-13,17,22,24-25H,2-4,14-16H2,1H3. The molecule has 0 radical (unpaired) electrons. The summed E-state index contributed by atoms with van der Waals surface area (Å²) in [5, 5.41) is 1.22. The maximum atomic E-state index is 6.36. The van der Waals surface area contributed by atoms with E-state index in [1.807, 2.05) is 29.2 Å². The molecule has 1 aliphatic rings. The Balaban J connectivity index is 1.32. The number of imidazole rings is 1. The summed E-state index contributed by atoms with van der Waals surface area (Å²) in [4.78, 5) is 4.15. The van der Waals surface area contributed by atoms with E-state index in [9.17, 15) is 0 Å². The molecule has 32 heavy (non-hydrogen) atoms. The van der Waals surface area contributed by atoms with Crippen molar-refractivity contribution >= 4 is 23.2 Å². The predicted octanol–water partition coefficient (Wildman–Crippen LogP) is 6.37. The van der Waals surface area contributed by atoms with E-state index >= 15 is 0 Å². The van der Waals surface area contributed by atoms with Crippen LogP contribution in [0.2, 0.25) is 10.0 Å². The van der Waals surface area contributed by atoms with Crippen molar-refractivity contribution in [1.29, 1.82) is 0 Å². The van der Waals surface area contributed by atoms with Crippen molar-refractivity contribution in [2.45, 2.75) is 57.8 Å². The van der Waals surface area contributed by atoms with Gasteiger partial charge in [0.15, 0.2) is 6.29 Å². The van der Waals surface area contributed by atoms with Crippen LogP contribution in [0.4, 0.5) is 0 Å². The van der Waals surface area contributed by atoms with Crippen molar-refractivity contribution in [3.05, 3.63) is 87.9 Å². The van der Waals surface area contributed by atoms with Crippen molar-refractivity contribution in [2.75, 3.05) is 6.61 Å². The lowest BCUT2D eigenvalue weighted by Crippen LogP contribution is -2.33. The first-order valence-corrected chi connectivity index (χ1v) is 11.7. The average Bonchev–Trinajstić information content (AvgIpc) is 3.30. The Morgan fingerprint density at radius 1 is 1.16 bits per heavy atom. The Morgan fingerprint density at radius 2 is 2.00 bits per heavy atom. The molecule has 0 amide bonds. The van der Waals surface area contributed by atoms with Gasteiger partial charge in [-0.2, -0.15) is 0 Å². The van der Waals surface area contributed by atoms with Gasteiger partial charge in [0.1, 0.15) is 6.10 Å². The SMILES string of the molecule is Cc1ccc(C(Cn2ccnc2)OCC2CCCC(OCc3ccc(Cl)cc3Cl)O2)cc1. The van der Waals surface area contributed by atoms with Crippen molar-refractivity contribution in [2.24, 2.45) is 0 Å². The largest absolute Gasteiger partial charge is 0.369 e. The second kappa shape index (κ2) is 11.3. The van der Waals surface area contributed by atoms with Gasteiger partial charge in [0.2, 0.25) is 0 Å². The molecule has 1 aliphatic heterocycles. The van der Waals surface area contributed by atoms with Crippen molar-refractivity contribution in [3.8, 4) is 0 Å². The van der Waals surface area contributed by atoms with Crippen LogP contribution in [0.5, 0.6) is 0 Å². The van der Waals surface area contributed by atoms with Gasteiger partial charge in [-0.05, 0) is 49.4 Å². The lowest BCUT2D eigenvalue weighted by Gasteiger charge is -2.31. The molecule has 0 spiro atoms. The van der Waals surface area contributed by atoms with Crippen LogP contribution in [0.15, 0.2) is 61.2 Å². The monoisotopic (exact) mass is 474 g/mol. The zero-order valence-electron chi connectivity index (χ0n) is 18.1. The molecule has 1 saturated heterocycles. The van der Waals surface area contributed by atoms with Gasteiger partial charge >= 0.3 is 0 Å². The van der Waals surface area contributed by atoms with Crippen LogP contribution in [0, 0.1) is 6.92 Å². The van der Waals surface area contributed by atoms with Crippen LogP contribution < -0.4 is 0 Å². The van der Waals surface area contributed by atoms with Crippen molar-refractivity contribution in [3.63, 3.8) is 0 Å². The number of halogens is 2. The molecule has 4 rings (SSSR count). The third-order valence-corrected chi connectivity index (χ3v) is 6.21. The lowest BCUT2D eigenvalue weighted by atomic mass is 10.1. The van der Waals surface area contributed by atoms with E-state index in [1.54, 1.807) is 12.3 Å². The molecule has 3 aromatic rings.